The van der Waals surface area contributed by atoms with E-state index in [0.29, 0.717) is 5.75 Å². The number of hydrogen-bond acceptors (Lipinski definition) is 4. The van der Waals surface area contributed by atoms with Crippen molar-refractivity contribution in [3.05, 3.63) is 0 Å². The predicted molar refractivity (Wildman–Crippen MR) is 62.4 cm³/mol. The third-order valence-corrected chi connectivity index (χ3v) is 3.73. The van der Waals surface area contributed by atoms with E-state index in [1.807, 2.05) is 0 Å². The van der Waals surface area contributed by atoms with Crippen molar-refractivity contribution in [2.75, 3.05) is 5.75 Å². The lowest BCUT2D eigenvalue weighted by atomic mass is 10.3. The molecule has 0 saturated carbocycles. The number of nitrogens with one attached hydrogen (secondary N) is 1. The fraction of sp³-hybridized carbons (Fsp3) is 0.667. The highest BCUT2D eigenvalue weighted by Gasteiger charge is 2.39. The Bertz CT molecular complexity index is 349. The van der Waals surface area contributed by atoms with Crippen LogP contribution in [0.3, 0.4) is 0 Å². The molecule has 0 aromatic rings. The predicted octanol–water partition coefficient (Wildman–Crippen LogP) is -0.582. The summed E-state index contributed by atoms with van der Waals surface area (Å²) in [5.41, 5.74) is 5.02. The fourth-order valence-electron chi connectivity index (χ4n) is 1.47. The van der Waals surface area contributed by atoms with Gasteiger partial charge in [-0.2, -0.15) is 0 Å². The van der Waals surface area contributed by atoms with Gasteiger partial charge in [-0.1, -0.05) is 0 Å². The van der Waals surface area contributed by atoms with Crippen LogP contribution in [0.15, 0.2) is 0 Å². The van der Waals surface area contributed by atoms with Crippen molar-refractivity contribution in [1.29, 1.82) is 0 Å². The summed E-state index contributed by atoms with van der Waals surface area (Å²) < 4.78 is 0. The number of rotatable bonds is 3. The normalized spacial score (nSPS) is 25.4. The van der Waals surface area contributed by atoms with E-state index in [2.05, 4.69) is 5.32 Å². The Labute approximate surface area is 103 Å². The molecule has 0 radical (unpaired) electrons. The van der Waals surface area contributed by atoms with E-state index >= 15 is 0 Å². The van der Waals surface area contributed by atoms with Gasteiger partial charge in [0.05, 0.1) is 5.37 Å². The molecule has 0 spiro atoms. The lowest BCUT2D eigenvalue weighted by molar-refractivity contribution is -0.141. The number of carbonyl (C=O) groups excluding carboxylic acids is 2. The standard InChI is InChI=1S/C9H15N3O4S/c1-4(7(10)13)11-9(16)12-5(2)17-3-6(12)8(14)15/h4-6H,3H2,1-2H3,(H2,10,13)(H,11,16)(H,14,15). The number of carboxylic acids is 1. The highest BCUT2D eigenvalue weighted by molar-refractivity contribution is 8.00. The number of primary amides is 1. The van der Waals surface area contributed by atoms with Crippen LogP contribution in [0, 0.1) is 0 Å². The van der Waals surface area contributed by atoms with E-state index in [9.17, 15) is 14.4 Å². The van der Waals surface area contributed by atoms with Crippen LogP contribution in [0.4, 0.5) is 4.79 Å². The number of carboxylic acid groups (broad SMARTS) is 1. The van der Waals surface area contributed by atoms with Gasteiger partial charge in [-0.15, -0.1) is 11.8 Å². The molecule has 8 heteroatoms. The summed E-state index contributed by atoms with van der Waals surface area (Å²) in [6.07, 6.45) is 0. The van der Waals surface area contributed by atoms with E-state index < -0.39 is 30.0 Å². The number of urea groups is 1. The molecular formula is C9H15N3O4S. The first kappa shape index (κ1) is 13.6. The maximum absolute atomic E-state index is 11.8. The summed E-state index contributed by atoms with van der Waals surface area (Å²) in [5, 5.41) is 11.1. The van der Waals surface area contributed by atoms with Crippen molar-refractivity contribution >= 4 is 29.7 Å². The monoisotopic (exact) mass is 261 g/mol. The molecule has 0 aromatic heterocycles. The molecule has 3 atom stereocenters. The zero-order valence-electron chi connectivity index (χ0n) is 9.54. The minimum absolute atomic E-state index is 0.240. The Morgan fingerprint density at radius 3 is 2.59 bits per heavy atom. The van der Waals surface area contributed by atoms with E-state index in [4.69, 9.17) is 10.8 Å². The van der Waals surface area contributed by atoms with Gasteiger partial charge in [-0.3, -0.25) is 9.69 Å². The largest absolute Gasteiger partial charge is 0.480 e. The Morgan fingerprint density at radius 1 is 1.53 bits per heavy atom. The van der Waals surface area contributed by atoms with Gasteiger partial charge in [-0.25, -0.2) is 9.59 Å². The van der Waals surface area contributed by atoms with Crippen molar-refractivity contribution < 1.29 is 19.5 Å². The number of hydrogen-bond donors (Lipinski definition) is 3. The average molecular weight is 261 g/mol. The van der Waals surface area contributed by atoms with E-state index in [0.717, 1.165) is 0 Å². The second kappa shape index (κ2) is 5.26. The minimum Gasteiger partial charge on any atom is -0.480 e. The third-order valence-electron chi connectivity index (χ3n) is 2.51. The second-order valence-electron chi connectivity index (χ2n) is 3.77. The summed E-state index contributed by atoms with van der Waals surface area (Å²) in [6, 6.07) is -2.27. The summed E-state index contributed by atoms with van der Waals surface area (Å²) >= 11 is 1.37. The van der Waals surface area contributed by atoms with Crippen LogP contribution in [0.2, 0.25) is 0 Å². The van der Waals surface area contributed by atoms with Gasteiger partial charge in [0.25, 0.3) is 0 Å². The van der Waals surface area contributed by atoms with Gasteiger partial charge in [0, 0.05) is 5.75 Å². The van der Waals surface area contributed by atoms with Crippen LogP contribution in [-0.4, -0.2) is 51.1 Å². The molecule has 1 saturated heterocycles. The molecule has 3 amide bonds. The first-order chi connectivity index (χ1) is 7.84. The Morgan fingerprint density at radius 2 is 2.12 bits per heavy atom. The lowest BCUT2D eigenvalue weighted by Crippen LogP contribution is -2.53. The number of carbonyl (C=O) groups is 3. The molecule has 96 valence electrons. The average Bonchev–Trinajstić information content (AvgIpc) is 2.59. The number of nitrogens with zero attached hydrogens (tertiary/aromatic N) is 1. The molecule has 0 bridgehead atoms. The van der Waals surface area contributed by atoms with Crippen LogP contribution in [0.1, 0.15) is 13.8 Å². The van der Waals surface area contributed by atoms with Gasteiger partial charge in [-0.05, 0) is 13.8 Å². The molecule has 1 aliphatic heterocycles. The summed E-state index contributed by atoms with van der Waals surface area (Å²) in [6.45, 7) is 3.19. The van der Waals surface area contributed by atoms with Crippen molar-refractivity contribution in [1.82, 2.24) is 10.2 Å². The van der Waals surface area contributed by atoms with Crippen LogP contribution >= 0.6 is 11.8 Å². The molecule has 7 nitrogen and oxygen atoms in total. The van der Waals surface area contributed by atoms with Gasteiger partial charge >= 0.3 is 12.0 Å². The van der Waals surface area contributed by atoms with Crippen molar-refractivity contribution in [3.63, 3.8) is 0 Å². The molecule has 0 aliphatic carbocycles. The molecule has 0 aromatic carbocycles. The van der Waals surface area contributed by atoms with Crippen LogP contribution < -0.4 is 11.1 Å². The van der Waals surface area contributed by atoms with Gasteiger partial charge in [0.2, 0.25) is 5.91 Å². The van der Waals surface area contributed by atoms with Gasteiger partial charge in [0.15, 0.2) is 0 Å². The molecule has 4 N–H and O–H groups in total. The van der Waals surface area contributed by atoms with Crippen LogP contribution in [0.5, 0.6) is 0 Å². The molecule has 1 fully saturated rings. The smallest absolute Gasteiger partial charge is 0.327 e. The third kappa shape index (κ3) is 3.02. The van der Waals surface area contributed by atoms with Crippen LogP contribution in [-0.2, 0) is 9.59 Å². The zero-order valence-corrected chi connectivity index (χ0v) is 10.4. The van der Waals surface area contributed by atoms with E-state index in [1.54, 1.807) is 6.92 Å². The highest BCUT2D eigenvalue weighted by Crippen LogP contribution is 2.28. The maximum atomic E-state index is 11.8. The number of nitrogens with two attached hydrogens (primary N) is 1. The summed E-state index contributed by atoms with van der Waals surface area (Å²) in [4.78, 5) is 34.8. The Kier molecular flexibility index (Phi) is 4.22. The highest BCUT2D eigenvalue weighted by atomic mass is 32.2. The van der Waals surface area contributed by atoms with Gasteiger partial charge < -0.3 is 16.2 Å². The van der Waals surface area contributed by atoms with Crippen LogP contribution in [0.25, 0.3) is 0 Å². The van der Waals surface area contributed by atoms with Crippen molar-refractivity contribution in [2.45, 2.75) is 31.3 Å². The number of aliphatic carboxylic acids is 1. The molecule has 1 rings (SSSR count). The molecule has 1 heterocycles. The van der Waals surface area contributed by atoms with E-state index in [1.165, 1.54) is 23.6 Å². The maximum Gasteiger partial charge on any atom is 0.327 e. The number of thioether (sulfide) groups is 1. The van der Waals surface area contributed by atoms with E-state index in [-0.39, 0.29) is 5.37 Å². The quantitative estimate of drug-likeness (QED) is 0.629. The molecular weight excluding hydrogens is 246 g/mol. The summed E-state index contributed by atoms with van der Waals surface area (Å²) in [7, 11) is 0. The molecule has 3 unspecified atom stereocenters. The second-order valence-corrected chi connectivity index (χ2v) is 5.12. The lowest BCUT2D eigenvalue weighted by Gasteiger charge is -2.26. The fourth-order valence-corrected chi connectivity index (χ4v) is 2.64. The zero-order chi connectivity index (χ0) is 13.2. The number of amides is 3. The van der Waals surface area contributed by atoms with Gasteiger partial charge in [0.1, 0.15) is 12.1 Å². The topological polar surface area (TPSA) is 113 Å². The minimum atomic E-state index is -1.05. The summed E-state index contributed by atoms with van der Waals surface area (Å²) in [5.74, 6) is -1.37. The first-order valence-corrected chi connectivity index (χ1v) is 6.12. The SMILES string of the molecule is CC(NC(=O)N1C(C)SCC1C(=O)O)C(N)=O. The Hall–Kier alpha value is -1.44. The first-order valence-electron chi connectivity index (χ1n) is 5.07. The molecule has 17 heavy (non-hydrogen) atoms. The molecule has 1 aliphatic rings. The van der Waals surface area contributed by atoms with Crippen molar-refractivity contribution in [3.8, 4) is 0 Å². The van der Waals surface area contributed by atoms with Crippen molar-refractivity contribution in [2.24, 2.45) is 5.73 Å². The Balaban J connectivity index is 2.72.